The van der Waals surface area contributed by atoms with Gasteiger partial charge in [0, 0.05) is 18.7 Å². The van der Waals surface area contributed by atoms with Gasteiger partial charge in [-0.05, 0) is 12.8 Å². The molecule has 0 bridgehead atoms. The number of aromatic amines is 1. The summed E-state index contributed by atoms with van der Waals surface area (Å²) in [6.07, 6.45) is 2.38. The van der Waals surface area contributed by atoms with Gasteiger partial charge in [0.15, 0.2) is 10.6 Å². The normalized spacial score (nSPS) is 15.0. The van der Waals surface area contributed by atoms with E-state index in [2.05, 4.69) is 20.1 Å². The maximum atomic E-state index is 12.0. The lowest BCUT2D eigenvalue weighted by Crippen LogP contribution is -2.17. The van der Waals surface area contributed by atoms with E-state index in [-0.39, 0.29) is 5.56 Å². The Labute approximate surface area is 125 Å². The number of thiazole rings is 1. The van der Waals surface area contributed by atoms with Crippen molar-refractivity contribution in [2.24, 2.45) is 0 Å². The molecule has 6 heteroatoms. The van der Waals surface area contributed by atoms with Gasteiger partial charge >= 0.3 is 0 Å². The first-order valence-corrected chi connectivity index (χ1v) is 7.84. The highest BCUT2D eigenvalue weighted by Crippen LogP contribution is 2.34. The van der Waals surface area contributed by atoms with Crippen molar-refractivity contribution in [1.29, 1.82) is 0 Å². The molecule has 1 N–H and O–H groups in total. The van der Waals surface area contributed by atoms with E-state index in [1.165, 1.54) is 12.8 Å². The van der Waals surface area contributed by atoms with E-state index >= 15 is 0 Å². The molecule has 1 aliphatic heterocycles. The Balaban J connectivity index is 1.92. The highest BCUT2D eigenvalue weighted by molar-refractivity contribution is 7.22. The Morgan fingerprint density at radius 2 is 1.90 bits per heavy atom. The van der Waals surface area contributed by atoms with Crippen molar-refractivity contribution in [2.75, 3.05) is 18.0 Å². The van der Waals surface area contributed by atoms with Gasteiger partial charge < -0.3 is 4.90 Å². The van der Waals surface area contributed by atoms with Crippen LogP contribution < -0.4 is 10.5 Å². The molecule has 21 heavy (non-hydrogen) atoms. The summed E-state index contributed by atoms with van der Waals surface area (Å²) in [5.74, 6) is 0. The third kappa shape index (κ3) is 2.12. The minimum atomic E-state index is -0.216. The summed E-state index contributed by atoms with van der Waals surface area (Å²) < 4.78 is 0.867. The van der Waals surface area contributed by atoms with Crippen molar-refractivity contribution >= 4 is 26.7 Å². The van der Waals surface area contributed by atoms with Crippen LogP contribution in [-0.4, -0.2) is 28.3 Å². The Kier molecular flexibility index (Phi) is 2.96. The summed E-state index contributed by atoms with van der Waals surface area (Å²) in [6.45, 7) is 2.04. The van der Waals surface area contributed by atoms with Gasteiger partial charge in [-0.25, -0.2) is 10.1 Å². The Bertz CT molecular complexity index is 834. The minimum absolute atomic E-state index is 0.216. The van der Waals surface area contributed by atoms with Gasteiger partial charge in [0.1, 0.15) is 5.69 Å². The van der Waals surface area contributed by atoms with Crippen LogP contribution >= 0.6 is 11.3 Å². The number of hydrogen-bond acceptors (Lipinski definition) is 5. The molecule has 5 nitrogen and oxygen atoms in total. The van der Waals surface area contributed by atoms with Gasteiger partial charge in [-0.2, -0.15) is 5.10 Å². The topological polar surface area (TPSA) is 61.9 Å². The molecular weight excluding hydrogens is 284 g/mol. The number of nitrogens with one attached hydrogen (secondary N) is 1. The molecule has 0 amide bonds. The number of nitrogens with zero attached hydrogens (tertiary/aromatic N) is 3. The number of rotatable bonds is 2. The molecule has 0 unspecified atom stereocenters. The number of hydrogen-bond donors (Lipinski definition) is 1. The molecule has 3 aromatic rings. The van der Waals surface area contributed by atoms with Gasteiger partial charge in [0.2, 0.25) is 0 Å². The molecule has 106 valence electrons. The van der Waals surface area contributed by atoms with Crippen molar-refractivity contribution in [3.8, 4) is 11.3 Å². The molecule has 0 atom stereocenters. The SMILES string of the molecule is O=c1[nH]nc(-c2ccccc2)c2sc(N3CCCC3)nc12. The fourth-order valence-electron chi connectivity index (χ4n) is 2.67. The molecule has 1 saturated heterocycles. The lowest BCUT2D eigenvalue weighted by Gasteiger charge is -2.11. The standard InChI is InChI=1S/C15H14N4OS/c20-14-12-13(21-15(16-12)19-8-4-5-9-19)11(17-18-14)10-6-2-1-3-7-10/h1-3,6-7H,4-5,8-9H2,(H,18,20). The van der Waals surface area contributed by atoms with E-state index in [1.54, 1.807) is 11.3 Å². The third-order valence-corrected chi connectivity index (χ3v) is 4.86. The Morgan fingerprint density at radius 3 is 2.67 bits per heavy atom. The quantitative estimate of drug-likeness (QED) is 0.790. The van der Waals surface area contributed by atoms with Crippen molar-refractivity contribution in [2.45, 2.75) is 12.8 Å². The number of fused-ring (bicyclic) bond motifs is 1. The largest absolute Gasteiger partial charge is 0.348 e. The van der Waals surface area contributed by atoms with Crippen molar-refractivity contribution in [3.05, 3.63) is 40.7 Å². The van der Waals surface area contributed by atoms with Crippen LogP contribution in [0.5, 0.6) is 0 Å². The van der Waals surface area contributed by atoms with E-state index in [0.29, 0.717) is 5.52 Å². The molecule has 1 aliphatic rings. The number of benzene rings is 1. The average molecular weight is 298 g/mol. The number of aromatic nitrogens is 3. The second-order valence-corrected chi connectivity index (χ2v) is 6.11. The van der Waals surface area contributed by atoms with Gasteiger partial charge in [0.25, 0.3) is 5.56 Å². The van der Waals surface area contributed by atoms with Gasteiger partial charge in [-0.1, -0.05) is 41.7 Å². The Morgan fingerprint density at radius 1 is 1.14 bits per heavy atom. The summed E-state index contributed by atoms with van der Waals surface area (Å²) in [4.78, 5) is 18.8. The first-order chi connectivity index (χ1) is 10.3. The lowest BCUT2D eigenvalue weighted by molar-refractivity contribution is 0.949. The van der Waals surface area contributed by atoms with Crippen LogP contribution in [0.2, 0.25) is 0 Å². The number of anilines is 1. The predicted octanol–water partition coefficient (Wildman–Crippen LogP) is 2.65. The highest BCUT2D eigenvalue weighted by atomic mass is 32.1. The van der Waals surface area contributed by atoms with E-state index in [1.807, 2.05) is 30.3 Å². The van der Waals surface area contributed by atoms with Crippen molar-refractivity contribution in [1.82, 2.24) is 15.2 Å². The zero-order valence-corrected chi connectivity index (χ0v) is 12.2. The van der Waals surface area contributed by atoms with Crippen LogP contribution in [0.1, 0.15) is 12.8 Å². The van der Waals surface area contributed by atoms with Crippen molar-refractivity contribution in [3.63, 3.8) is 0 Å². The summed E-state index contributed by atoms with van der Waals surface area (Å²) in [6, 6.07) is 9.89. The molecule has 0 aliphatic carbocycles. The van der Waals surface area contributed by atoms with E-state index in [4.69, 9.17) is 0 Å². The first-order valence-electron chi connectivity index (χ1n) is 7.02. The van der Waals surface area contributed by atoms with E-state index < -0.39 is 0 Å². The second kappa shape index (κ2) is 4.96. The van der Waals surface area contributed by atoms with Gasteiger partial charge in [-0.3, -0.25) is 4.79 Å². The maximum Gasteiger partial charge on any atom is 0.291 e. The average Bonchev–Trinajstić information content (AvgIpc) is 3.18. The van der Waals surface area contributed by atoms with Crippen LogP contribution in [0, 0.1) is 0 Å². The highest BCUT2D eigenvalue weighted by Gasteiger charge is 2.20. The molecular formula is C15H14N4OS. The molecule has 3 heterocycles. The minimum Gasteiger partial charge on any atom is -0.348 e. The zero-order chi connectivity index (χ0) is 14.2. The molecule has 1 fully saturated rings. The molecule has 1 aromatic carbocycles. The zero-order valence-electron chi connectivity index (χ0n) is 11.4. The Hall–Kier alpha value is -2.21. The smallest absolute Gasteiger partial charge is 0.291 e. The van der Waals surface area contributed by atoms with Crippen molar-refractivity contribution < 1.29 is 0 Å². The van der Waals surface area contributed by atoms with Gasteiger partial charge in [-0.15, -0.1) is 0 Å². The predicted molar refractivity (Wildman–Crippen MR) is 84.9 cm³/mol. The van der Waals surface area contributed by atoms with E-state index in [0.717, 1.165) is 34.2 Å². The summed E-state index contributed by atoms with van der Waals surface area (Å²) in [7, 11) is 0. The summed E-state index contributed by atoms with van der Waals surface area (Å²) in [5.41, 5.74) is 2.07. The van der Waals surface area contributed by atoms with Crippen LogP contribution in [0.25, 0.3) is 21.5 Å². The maximum absolute atomic E-state index is 12.0. The third-order valence-electron chi connectivity index (χ3n) is 3.74. The molecule has 2 aromatic heterocycles. The van der Waals surface area contributed by atoms with Crippen LogP contribution in [0.15, 0.2) is 35.1 Å². The lowest BCUT2D eigenvalue weighted by atomic mass is 10.1. The summed E-state index contributed by atoms with van der Waals surface area (Å²) >= 11 is 1.56. The van der Waals surface area contributed by atoms with Crippen LogP contribution in [0.4, 0.5) is 5.13 Å². The molecule has 0 radical (unpaired) electrons. The molecule has 0 saturated carbocycles. The van der Waals surface area contributed by atoms with E-state index in [9.17, 15) is 4.79 Å². The first kappa shape index (κ1) is 12.5. The fourth-order valence-corrected chi connectivity index (χ4v) is 3.80. The summed E-state index contributed by atoms with van der Waals surface area (Å²) in [5, 5.41) is 7.73. The van der Waals surface area contributed by atoms with Crippen LogP contribution in [0.3, 0.4) is 0 Å². The fraction of sp³-hybridized carbons (Fsp3) is 0.267. The monoisotopic (exact) mass is 298 g/mol. The molecule has 0 spiro atoms. The number of H-pyrrole nitrogens is 1. The second-order valence-electron chi connectivity index (χ2n) is 5.14. The molecule has 4 rings (SSSR count). The van der Waals surface area contributed by atoms with Gasteiger partial charge in [0.05, 0.1) is 4.70 Å². The van der Waals surface area contributed by atoms with Crippen LogP contribution in [-0.2, 0) is 0 Å².